The van der Waals surface area contributed by atoms with E-state index in [1.165, 1.54) is 44.9 Å². The van der Waals surface area contributed by atoms with E-state index in [1.807, 2.05) is 0 Å². The summed E-state index contributed by atoms with van der Waals surface area (Å²) in [6.45, 7) is 2.19. The first kappa shape index (κ1) is 25.1. The molecule has 128 valence electrons. The van der Waals surface area contributed by atoms with Gasteiger partial charge in [0.05, 0.1) is 28.6 Å². The molecule has 0 saturated heterocycles. The maximum absolute atomic E-state index is 10.6. The molecule has 0 aromatic rings. The first-order valence-corrected chi connectivity index (χ1v) is 9.73. The fourth-order valence-electron chi connectivity index (χ4n) is 2.22. The molecule has 5 nitrogen and oxygen atoms in total. The minimum absolute atomic E-state index is 0. The van der Waals surface area contributed by atoms with E-state index in [9.17, 15) is 13.0 Å². The third-order valence-corrected chi connectivity index (χ3v) is 4.23. The molecule has 0 aromatic heterocycles. The van der Waals surface area contributed by atoms with Crippen molar-refractivity contribution in [3.63, 3.8) is 0 Å². The molecule has 0 aliphatic heterocycles. The summed E-state index contributed by atoms with van der Waals surface area (Å²) in [4.78, 5) is 0. The average Bonchev–Trinajstić information content (AvgIpc) is 2.42. The van der Waals surface area contributed by atoms with E-state index in [-0.39, 0.29) is 29.6 Å². The van der Waals surface area contributed by atoms with E-state index in [1.54, 1.807) is 0 Å². The van der Waals surface area contributed by atoms with Crippen LogP contribution in [0.1, 0.15) is 71.1 Å². The topological polar surface area (TPSA) is 86.7 Å². The second-order valence-corrected chi connectivity index (χ2v) is 7.03. The van der Waals surface area contributed by atoms with Crippen LogP contribution in [0.4, 0.5) is 0 Å². The molecule has 0 saturated carbocycles. The summed E-state index contributed by atoms with van der Waals surface area (Å²) < 4.78 is 36.9. The van der Waals surface area contributed by atoms with Gasteiger partial charge in [-0.15, -0.1) is 0 Å². The number of aliphatic hydroxyl groups excluding tert-OH is 1. The van der Waals surface area contributed by atoms with Crippen LogP contribution >= 0.6 is 0 Å². The van der Waals surface area contributed by atoms with Crippen LogP contribution < -0.4 is 29.6 Å². The summed E-state index contributed by atoms with van der Waals surface area (Å²) in [5.74, 6) is -0.652. The van der Waals surface area contributed by atoms with Gasteiger partial charge in [0, 0.05) is 6.61 Å². The van der Waals surface area contributed by atoms with Crippen LogP contribution in [0.5, 0.6) is 0 Å². The second kappa shape index (κ2) is 16.7. The van der Waals surface area contributed by atoms with Crippen molar-refractivity contribution >= 4 is 10.1 Å². The van der Waals surface area contributed by atoms with Crippen LogP contribution in [0.15, 0.2) is 0 Å². The number of ether oxygens (including phenoxy) is 1. The van der Waals surface area contributed by atoms with Crippen LogP contribution in [0.2, 0.25) is 0 Å². The summed E-state index contributed by atoms with van der Waals surface area (Å²) in [5, 5.41) is 8.92. The molecular formula is C15H31NaO5S. The first-order chi connectivity index (χ1) is 9.99. The number of hydrogen-bond donors (Lipinski definition) is 1. The zero-order valence-corrected chi connectivity index (χ0v) is 17.1. The number of aliphatic hydroxyl groups is 1. The monoisotopic (exact) mass is 346 g/mol. The van der Waals surface area contributed by atoms with Crippen LogP contribution in [-0.4, -0.2) is 43.1 Å². The Labute approximate surface area is 158 Å². The van der Waals surface area contributed by atoms with E-state index in [4.69, 9.17) is 9.84 Å². The van der Waals surface area contributed by atoms with Gasteiger partial charge in [-0.25, -0.2) is 8.42 Å². The average molecular weight is 346 g/mol. The maximum atomic E-state index is 10.6. The Balaban J connectivity index is 0. The van der Waals surface area contributed by atoms with Gasteiger partial charge in [0.25, 0.3) is 0 Å². The van der Waals surface area contributed by atoms with Crippen LogP contribution in [0.25, 0.3) is 0 Å². The minimum Gasteiger partial charge on any atom is -0.748 e. The fraction of sp³-hybridized carbons (Fsp3) is 1.00. The third-order valence-electron chi connectivity index (χ3n) is 3.45. The van der Waals surface area contributed by atoms with E-state index in [0.717, 1.165) is 19.3 Å². The molecule has 1 atom stereocenters. The second-order valence-electron chi connectivity index (χ2n) is 5.58. The third kappa shape index (κ3) is 18.9. The van der Waals surface area contributed by atoms with Crippen molar-refractivity contribution in [2.24, 2.45) is 0 Å². The molecule has 7 heteroatoms. The van der Waals surface area contributed by atoms with Gasteiger partial charge >= 0.3 is 29.6 Å². The molecule has 1 N–H and O–H groups in total. The van der Waals surface area contributed by atoms with Gasteiger partial charge in [-0.3, -0.25) is 0 Å². The van der Waals surface area contributed by atoms with E-state index in [2.05, 4.69) is 6.92 Å². The fourth-order valence-corrected chi connectivity index (χ4v) is 2.88. The molecule has 0 aliphatic carbocycles. The molecule has 0 bridgehead atoms. The Morgan fingerprint density at radius 3 is 1.82 bits per heavy atom. The van der Waals surface area contributed by atoms with Crippen molar-refractivity contribution in [2.45, 2.75) is 77.2 Å². The van der Waals surface area contributed by atoms with Gasteiger partial charge in [-0.05, 0) is 6.42 Å². The quantitative estimate of drug-likeness (QED) is 0.253. The SMILES string of the molecule is CCCCCCCCCCCCOC(CO)CS(=O)(=O)[O-].[Na+]. The van der Waals surface area contributed by atoms with Crippen LogP contribution in [-0.2, 0) is 14.9 Å². The number of rotatable bonds is 15. The molecular weight excluding hydrogens is 315 g/mol. The van der Waals surface area contributed by atoms with Crippen LogP contribution in [0.3, 0.4) is 0 Å². The Hall–Kier alpha value is 0.830. The van der Waals surface area contributed by atoms with Gasteiger partial charge < -0.3 is 14.4 Å². The Morgan fingerprint density at radius 1 is 0.955 bits per heavy atom. The Morgan fingerprint density at radius 2 is 1.41 bits per heavy atom. The van der Waals surface area contributed by atoms with Crippen molar-refractivity contribution in [3.8, 4) is 0 Å². The minimum atomic E-state index is -4.33. The van der Waals surface area contributed by atoms with Gasteiger partial charge in [0.1, 0.15) is 0 Å². The summed E-state index contributed by atoms with van der Waals surface area (Å²) in [7, 11) is -4.33. The largest absolute Gasteiger partial charge is 1.00 e. The molecule has 0 amide bonds. The first-order valence-electron chi connectivity index (χ1n) is 8.15. The van der Waals surface area contributed by atoms with Gasteiger partial charge in [0.15, 0.2) is 0 Å². The van der Waals surface area contributed by atoms with E-state index >= 15 is 0 Å². The number of hydrogen-bond acceptors (Lipinski definition) is 5. The van der Waals surface area contributed by atoms with Crippen molar-refractivity contribution in [1.29, 1.82) is 0 Å². The zero-order chi connectivity index (χ0) is 16.0. The molecule has 1 unspecified atom stereocenters. The predicted molar refractivity (Wildman–Crippen MR) is 83.2 cm³/mol. The summed E-state index contributed by atoms with van der Waals surface area (Å²) in [6.07, 6.45) is 11.3. The summed E-state index contributed by atoms with van der Waals surface area (Å²) >= 11 is 0. The Bertz CT molecular complexity index is 322. The van der Waals surface area contributed by atoms with E-state index in [0.29, 0.717) is 6.61 Å². The molecule has 0 rings (SSSR count). The summed E-state index contributed by atoms with van der Waals surface area (Å²) in [6, 6.07) is 0. The predicted octanol–water partition coefficient (Wildman–Crippen LogP) is -0.166. The summed E-state index contributed by atoms with van der Waals surface area (Å²) in [5.41, 5.74) is 0. The van der Waals surface area contributed by atoms with Crippen molar-refractivity contribution in [2.75, 3.05) is 19.0 Å². The van der Waals surface area contributed by atoms with Crippen molar-refractivity contribution < 1.29 is 52.4 Å². The van der Waals surface area contributed by atoms with Gasteiger partial charge in [0.2, 0.25) is 0 Å². The normalized spacial score (nSPS) is 12.9. The molecule has 0 spiro atoms. The molecule has 0 heterocycles. The maximum Gasteiger partial charge on any atom is 1.00 e. The molecule has 0 radical (unpaired) electrons. The molecule has 0 aliphatic rings. The molecule has 0 fully saturated rings. The van der Waals surface area contributed by atoms with Crippen LogP contribution in [0, 0.1) is 0 Å². The van der Waals surface area contributed by atoms with Crippen molar-refractivity contribution in [1.82, 2.24) is 0 Å². The van der Waals surface area contributed by atoms with Gasteiger partial charge in [-0.1, -0.05) is 64.7 Å². The zero-order valence-electron chi connectivity index (χ0n) is 14.3. The van der Waals surface area contributed by atoms with Crippen molar-refractivity contribution in [3.05, 3.63) is 0 Å². The smallest absolute Gasteiger partial charge is 0.748 e. The molecule has 22 heavy (non-hydrogen) atoms. The standard InChI is InChI=1S/C15H32O5S.Na/c1-2-3-4-5-6-7-8-9-10-11-12-20-15(13-16)14-21(17,18)19;/h15-16H,2-14H2,1H3,(H,17,18,19);/q;+1/p-1. The molecule has 0 aromatic carbocycles. The van der Waals surface area contributed by atoms with Gasteiger partial charge in [-0.2, -0.15) is 0 Å². The Kier molecular flexibility index (Phi) is 19.0. The van der Waals surface area contributed by atoms with E-state index < -0.39 is 28.6 Å². The number of unbranched alkanes of at least 4 members (excludes halogenated alkanes) is 9.